The highest BCUT2D eigenvalue weighted by Crippen LogP contribution is 2.34. The van der Waals surface area contributed by atoms with Crippen LogP contribution in [0.4, 0.5) is 0 Å². The minimum absolute atomic E-state index is 0.00496. The summed E-state index contributed by atoms with van der Waals surface area (Å²) in [6, 6.07) is 0. The molecule has 1 aliphatic rings. The van der Waals surface area contributed by atoms with Crippen molar-refractivity contribution in [3.05, 3.63) is 0 Å². The lowest BCUT2D eigenvalue weighted by Crippen LogP contribution is -2.53. The van der Waals surface area contributed by atoms with Crippen LogP contribution in [0.25, 0.3) is 0 Å². The Balaban J connectivity index is 2.70. The van der Waals surface area contributed by atoms with Crippen LogP contribution in [0.5, 0.6) is 0 Å². The van der Waals surface area contributed by atoms with Crippen molar-refractivity contribution in [3.63, 3.8) is 0 Å². The standard InChI is InChI=1S/C14H23NO5/c1-3-8-14(13(18)19)9-5-10-15(14)11(16)6-7-12(17)20-4-2/h3-10H2,1-2H3,(H,18,19). The highest BCUT2D eigenvalue weighted by atomic mass is 16.5. The van der Waals surface area contributed by atoms with Crippen LogP contribution in [0.1, 0.15) is 52.4 Å². The van der Waals surface area contributed by atoms with Gasteiger partial charge in [-0.1, -0.05) is 13.3 Å². The second-order valence-corrected chi connectivity index (χ2v) is 5.04. The smallest absolute Gasteiger partial charge is 0.329 e. The predicted molar refractivity (Wildman–Crippen MR) is 72.1 cm³/mol. The largest absolute Gasteiger partial charge is 0.479 e. The summed E-state index contributed by atoms with van der Waals surface area (Å²) in [5.74, 6) is -1.63. The van der Waals surface area contributed by atoms with E-state index in [1.54, 1.807) is 6.92 Å². The van der Waals surface area contributed by atoms with E-state index in [0.29, 0.717) is 32.2 Å². The summed E-state index contributed by atoms with van der Waals surface area (Å²) in [4.78, 5) is 36.5. The van der Waals surface area contributed by atoms with E-state index < -0.39 is 17.5 Å². The van der Waals surface area contributed by atoms with Crippen molar-refractivity contribution in [2.45, 2.75) is 57.9 Å². The SMILES string of the molecule is CCCC1(C(=O)O)CCCN1C(=O)CCC(=O)OCC. The quantitative estimate of drug-likeness (QED) is 0.718. The molecule has 0 saturated carbocycles. The normalized spacial score (nSPS) is 21.8. The molecule has 1 fully saturated rings. The Morgan fingerprint density at radius 3 is 2.50 bits per heavy atom. The number of carboxylic acid groups (broad SMARTS) is 1. The zero-order valence-corrected chi connectivity index (χ0v) is 12.2. The summed E-state index contributed by atoms with van der Waals surface area (Å²) in [6.07, 6.45) is 2.35. The van der Waals surface area contributed by atoms with Crippen molar-refractivity contribution >= 4 is 17.8 Å². The van der Waals surface area contributed by atoms with E-state index in [9.17, 15) is 19.5 Å². The summed E-state index contributed by atoms with van der Waals surface area (Å²) >= 11 is 0. The van der Waals surface area contributed by atoms with Gasteiger partial charge in [-0.3, -0.25) is 9.59 Å². The molecular formula is C14H23NO5. The van der Waals surface area contributed by atoms with Crippen molar-refractivity contribution in [1.82, 2.24) is 4.90 Å². The Morgan fingerprint density at radius 2 is 1.95 bits per heavy atom. The van der Waals surface area contributed by atoms with Crippen LogP contribution in [0.15, 0.2) is 0 Å². The Labute approximate surface area is 119 Å². The number of likely N-dealkylation sites (tertiary alicyclic amines) is 1. The molecular weight excluding hydrogens is 262 g/mol. The van der Waals surface area contributed by atoms with E-state index >= 15 is 0 Å². The van der Waals surface area contributed by atoms with Crippen LogP contribution in [-0.4, -0.2) is 46.5 Å². The molecule has 6 heteroatoms. The fourth-order valence-electron chi connectivity index (χ4n) is 2.82. The predicted octanol–water partition coefficient (Wildman–Crippen LogP) is 1.58. The van der Waals surface area contributed by atoms with Crippen molar-refractivity contribution < 1.29 is 24.2 Å². The van der Waals surface area contributed by atoms with Crippen molar-refractivity contribution in [2.75, 3.05) is 13.2 Å². The highest BCUT2D eigenvalue weighted by molar-refractivity contribution is 5.89. The molecule has 1 saturated heterocycles. The van der Waals surface area contributed by atoms with E-state index in [1.165, 1.54) is 4.90 Å². The minimum atomic E-state index is -1.08. The van der Waals surface area contributed by atoms with E-state index in [0.717, 1.165) is 0 Å². The number of esters is 1. The molecule has 0 bridgehead atoms. The lowest BCUT2D eigenvalue weighted by atomic mass is 9.90. The van der Waals surface area contributed by atoms with Crippen LogP contribution < -0.4 is 0 Å². The number of hydrogen-bond acceptors (Lipinski definition) is 4. The summed E-state index contributed by atoms with van der Waals surface area (Å²) in [6.45, 7) is 4.35. The third-order valence-electron chi connectivity index (χ3n) is 3.70. The average molecular weight is 285 g/mol. The lowest BCUT2D eigenvalue weighted by Gasteiger charge is -2.34. The van der Waals surface area contributed by atoms with Crippen LogP contribution in [0.2, 0.25) is 0 Å². The molecule has 1 unspecified atom stereocenters. The van der Waals surface area contributed by atoms with Crippen molar-refractivity contribution in [3.8, 4) is 0 Å². The first-order valence-electron chi connectivity index (χ1n) is 7.17. The number of ether oxygens (including phenoxy) is 1. The third kappa shape index (κ3) is 3.49. The lowest BCUT2D eigenvalue weighted by molar-refractivity contribution is -0.157. The van der Waals surface area contributed by atoms with Crippen LogP contribution in [0.3, 0.4) is 0 Å². The Kier molecular flexibility index (Phi) is 5.98. The first-order valence-corrected chi connectivity index (χ1v) is 7.17. The van der Waals surface area contributed by atoms with Gasteiger partial charge in [-0.15, -0.1) is 0 Å². The third-order valence-corrected chi connectivity index (χ3v) is 3.70. The van der Waals surface area contributed by atoms with Gasteiger partial charge in [0.2, 0.25) is 5.91 Å². The first kappa shape index (κ1) is 16.5. The molecule has 1 N–H and O–H groups in total. The average Bonchev–Trinajstić information content (AvgIpc) is 2.82. The minimum Gasteiger partial charge on any atom is -0.479 e. The highest BCUT2D eigenvalue weighted by Gasteiger charge is 2.48. The number of rotatable bonds is 7. The zero-order chi connectivity index (χ0) is 15.2. The molecule has 1 atom stereocenters. The molecule has 1 aliphatic heterocycles. The number of carboxylic acids is 1. The van der Waals surface area contributed by atoms with Gasteiger partial charge >= 0.3 is 11.9 Å². The van der Waals surface area contributed by atoms with Crippen LogP contribution >= 0.6 is 0 Å². The molecule has 20 heavy (non-hydrogen) atoms. The molecule has 0 aromatic heterocycles. The van der Waals surface area contributed by atoms with E-state index in [4.69, 9.17) is 4.74 Å². The number of hydrogen-bond donors (Lipinski definition) is 1. The first-order chi connectivity index (χ1) is 9.47. The summed E-state index contributed by atoms with van der Waals surface area (Å²) in [5.41, 5.74) is -1.08. The molecule has 6 nitrogen and oxygen atoms in total. The van der Waals surface area contributed by atoms with Gasteiger partial charge in [0, 0.05) is 13.0 Å². The maximum absolute atomic E-state index is 12.2. The van der Waals surface area contributed by atoms with Gasteiger partial charge in [0.15, 0.2) is 0 Å². The number of aliphatic carboxylic acids is 1. The van der Waals surface area contributed by atoms with Crippen LogP contribution in [-0.2, 0) is 19.1 Å². The van der Waals surface area contributed by atoms with Gasteiger partial charge in [0.1, 0.15) is 5.54 Å². The maximum Gasteiger partial charge on any atom is 0.329 e. The van der Waals surface area contributed by atoms with Gasteiger partial charge in [0.05, 0.1) is 13.0 Å². The maximum atomic E-state index is 12.2. The molecule has 0 radical (unpaired) electrons. The number of carbonyl (C=O) groups is 3. The molecule has 0 aromatic rings. The second-order valence-electron chi connectivity index (χ2n) is 5.04. The van der Waals surface area contributed by atoms with Gasteiger partial charge in [-0.2, -0.15) is 0 Å². The van der Waals surface area contributed by atoms with E-state index in [-0.39, 0.29) is 25.4 Å². The monoisotopic (exact) mass is 285 g/mol. The van der Waals surface area contributed by atoms with E-state index in [1.807, 2.05) is 6.92 Å². The number of nitrogens with zero attached hydrogens (tertiary/aromatic N) is 1. The van der Waals surface area contributed by atoms with Gasteiger partial charge in [-0.25, -0.2) is 4.79 Å². The van der Waals surface area contributed by atoms with Gasteiger partial charge in [-0.05, 0) is 26.2 Å². The summed E-state index contributed by atoms with van der Waals surface area (Å²) in [7, 11) is 0. The zero-order valence-electron chi connectivity index (χ0n) is 12.2. The molecule has 1 amide bonds. The summed E-state index contributed by atoms with van der Waals surface area (Å²) in [5, 5.41) is 9.49. The fourth-order valence-corrected chi connectivity index (χ4v) is 2.82. The Bertz CT molecular complexity index is 382. The molecule has 1 heterocycles. The molecule has 1 rings (SSSR count). The van der Waals surface area contributed by atoms with Crippen molar-refractivity contribution in [2.24, 2.45) is 0 Å². The molecule has 0 aromatic carbocycles. The van der Waals surface area contributed by atoms with Gasteiger partial charge < -0.3 is 14.7 Å². The van der Waals surface area contributed by atoms with Crippen LogP contribution in [0, 0.1) is 0 Å². The second kappa shape index (κ2) is 7.26. The number of amides is 1. The Hall–Kier alpha value is -1.59. The number of carbonyl (C=O) groups excluding carboxylic acids is 2. The van der Waals surface area contributed by atoms with Crippen molar-refractivity contribution in [1.29, 1.82) is 0 Å². The summed E-state index contributed by atoms with van der Waals surface area (Å²) < 4.78 is 4.78. The molecule has 114 valence electrons. The molecule has 0 aliphatic carbocycles. The molecule has 0 spiro atoms. The fraction of sp³-hybridized carbons (Fsp3) is 0.786. The topological polar surface area (TPSA) is 83.9 Å². The van der Waals surface area contributed by atoms with Gasteiger partial charge in [0.25, 0.3) is 0 Å². The Morgan fingerprint density at radius 1 is 1.25 bits per heavy atom. The van der Waals surface area contributed by atoms with E-state index in [2.05, 4.69) is 0 Å².